The Morgan fingerprint density at radius 2 is 1.78 bits per heavy atom. The Morgan fingerprint density at radius 3 is 2.51 bits per heavy atom. The van der Waals surface area contributed by atoms with Gasteiger partial charge in [0.15, 0.2) is 5.65 Å². The number of likely N-dealkylation sites (tertiary alicyclic amines) is 1. The van der Waals surface area contributed by atoms with Gasteiger partial charge in [-0.2, -0.15) is 13.2 Å². The minimum Gasteiger partial charge on any atom is -0.359 e. The first-order valence-corrected chi connectivity index (χ1v) is 11.8. The Bertz CT molecular complexity index is 1380. The van der Waals surface area contributed by atoms with E-state index in [-0.39, 0.29) is 6.92 Å². The molecule has 3 N–H and O–H groups in total. The zero-order valence-electron chi connectivity index (χ0n) is 20.9. The van der Waals surface area contributed by atoms with Crippen LogP contribution in [0, 0.1) is 13.8 Å². The second kappa shape index (κ2) is 10.9. The van der Waals surface area contributed by atoms with Gasteiger partial charge in [0.1, 0.15) is 23.4 Å². The number of aromatic amines is 1. The predicted octanol–water partition coefficient (Wildman–Crippen LogP) is 6.32. The van der Waals surface area contributed by atoms with Crippen LogP contribution >= 0.6 is 0 Å². The quantitative estimate of drug-likeness (QED) is 0.279. The van der Waals surface area contributed by atoms with Crippen LogP contribution in [0.5, 0.6) is 0 Å². The summed E-state index contributed by atoms with van der Waals surface area (Å²) in [6.07, 6.45) is 3.45. The van der Waals surface area contributed by atoms with Crippen molar-refractivity contribution in [1.82, 2.24) is 29.8 Å². The molecule has 1 aromatic carbocycles. The lowest BCUT2D eigenvalue weighted by molar-refractivity contribution is -0.110. The lowest BCUT2D eigenvalue weighted by atomic mass is 10.1. The van der Waals surface area contributed by atoms with E-state index in [1.54, 1.807) is 6.33 Å². The van der Waals surface area contributed by atoms with Gasteiger partial charge >= 0.3 is 6.18 Å². The molecule has 0 radical (unpaired) electrons. The van der Waals surface area contributed by atoms with Crippen molar-refractivity contribution in [2.24, 2.45) is 0 Å². The number of alkyl halides is 3. The van der Waals surface area contributed by atoms with E-state index in [4.69, 9.17) is 0 Å². The van der Waals surface area contributed by atoms with E-state index in [2.05, 4.69) is 78.2 Å². The molecule has 37 heavy (non-hydrogen) atoms. The minimum atomic E-state index is -4.00. The number of benzene rings is 1. The summed E-state index contributed by atoms with van der Waals surface area (Å²) in [5.41, 5.74) is 7.19. The van der Waals surface area contributed by atoms with Crippen molar-refractivity contribution < 1.29 is 13.2 Å². The Balaban J connectivity index is 0.000000586. The SMILES string of the molecule is C=C(Nc1ccc(C)c(Nc2ncc(C)cc2-c2ncnc3nc[nH]c23)c1)N1CCCC1.CC(F)(F)F. The molecule has 0 amide bonds. The summed E-state index contributed by atoms with van der Waals surface area (Å²) in [4.78, 5) is 23.1. The molecular formula is C26H29F3N8. The molecule has 0 unspecified atom stereocenters. The number of nitrogens with one attached hydrogen (secondary N) is 3. The van der Waals surface area contributed by atoms with Gasteiger partial charge in [-0.05, 0) is 56.0 Å². The molecular weight excluding hydrogens is 481 g/mol. The lowest BCUT2D eigenvalue weighted by Gasteiger charge is -2.22. The van der Waals surface area contributed by atoms with Crippen molar-refractivity contribution >= 4 is 28.4 Å². The standard InChI is InChI=1S/C24H26N8.C2H3F3/c1-15-10-19(21-22-24(28-13-26-21)29-14-27-22)23(25-12-15)31-20-11-18(7-6-16(20)2)30-17(3)32-8-4-5-9-32;1-2(3,4)5/h6-7,10-14,30H,3-5,8-9H2,1-2H3,(H,25,31)(H,26,27,28,29);1H3. The van der Waals surface area contributed by atoms with Crippen molar-refractivity contribution in [3.05, 3.63) is 66.6 Å². The second-order valence-electron chi connectivity index (χ2n) is 8.93. The first kappa shape index (κ1) is 25.9. The molecule has 0 spiro atoms. The van der Waals surface area contributed by atoms with Gasteiger partial charge in [0.2, 0.25) is 0 Å². The number of nitrogens with zero attached hydrogens (tertiary/aromatic N) is 5. The Morgan fingerprint density at radius 1 is 1.05 bits per heavy atom. The highest BCUT2D eigenvalue weighted by atomic mass is 19.4. The van der Waals surface area contributed by atoms with Gasteiger partial charge in [-0.15, -0.1) is 0 Å². The van der Waals surface area contributed by atoms with Gasteiger partial charge in [-0.3, -0.25) is 0 Å². The average Bonchev–Trinajstić information content (AvgIpc) is 3.53. The Labute approximate surface area is 213 Å². The third-order valence-corrected chi connectivity index (χ3v) is 5.77. The van der Waals surface area contributed by atoms with Crippen molar-refractivity contribution in [3.8, 4) is 11.3 Å². The maximum absolute atomic E-state index is 10.4. The molecule has 1 aliphatic rings. The molecule has 4 heterocycles. The number of hydrogen-bond acceptors (Lipinski definition) is 7. The fourth-order valence-electron chi connectivity index (χ4n) is 4.01. The van der Waals surface area contributed by atoms with Crippen LogP contribution in [-0.4, -0.2) is 49.1 Å². The number of rotatable bonds is 6. The monoisotopic (exact) mass is 510 g/mol. The zero-order valence-corrected chi connectivity index (χ0v) is 20.9. The van der Waals surface area contributed by atoms with E-state index in [0.717, 1.165) is 64.0 Å². The van der Waals surface area contributed by atoms with Crippen LogP contribution in [0.1, 0.15) is 30.9 Å². The van der Waals surface area contributed by atoms with E-state index in [1.165, 1.54) is 19.2 Å². The number of anilines is 3. The molecule has 0 aliphatic carbocycles. The molecule has 11 heteroatoms. The largest absolute Gasteiger partial charge is 0.386 e. The van der Waals surface area contributed by atoms with Crippen LogP contribution in [0.2, 0.25) is 0 Å². The van der Waals surface area contributed by atoms with Crippen molar-refractivity contribution in [2.45, 2.75) is 39.8 Å². The normalized spacial score (nSPS) is 13.3. The van der Waals surface area contributed by atoms with E-state index in [9.17, 15) is 13.2 Å². The fraction of sp³-hybridized carbons (Fsp3) is 0.308. The third-order valence-electron chi connectivity index (χ3n) is 5.77. The number of imidazole rings is 1. The summed E-state index contributed by atoms with van der Waals surface area (Å²) in [5.74, 6) is 1.66. The highest BCUT2D eigenvalue weighted by Crippen LogP contribution is 2.33. The van der Waals surface area contributed by atoms with Crippen LogP contribution in [0.15, 0.2) is 55.5 Å². The van der Waals surface area contributed by atoms with Crippen molar-refractivity contribution in [2.75, 3.05) is 23.7 Å². The summed E-state index contributed by atoms with van der Waals surface area (Å²) in [5, 5.41) is 6.97. The number of aryl methyl sites for hydroxylation is 2. The molecule has 0 bridgehead atoms. The summed E-state index contributed by atoms with van der Waals surface area (Å²) in [6.45, 7) is 10.6. The van der Waals surface area contributed by atoms with Crippen LogP contribution in [-0.2, 0) is 0 Å². The van der Waals surface area contributed by atoms with Crippen LogP contribution < -0.4 is 10.6 Å². The summed E-state index contributed by atoms with van der Waals surface area (Å²) in [6, 6.07) is 8.33. The highest BCUT2D eigenvalue weighted by Gasteiger charge is 2.17. The number of hydrogen-bond donors (Lipinski definition) is 3. The van der Waals surface area contributed by atoms with E-state index >= 15 is 0 Å². The lowest BCUT2D eigenvalue weighted by Crippen LogP contribution is -2.22. The topological polar surface area (TPSA) is 94.6 Å². The maximum atomic E-state index is 10.4. The molecule has 0 atom stereocenters. The first-order valence-electron chi connectivity index (χ1n) is 11.8. The van der Waals surface area contributed by atoms with Crippen LogP contribution in [0.3, 0.4) is 0 Å². The molecule has 8 nitrogen and oxygen atoms in total. The summed E-state index contributed by atoms with van der Waals surface area (Å²) >= 11 is 0. The molecule has 0 saturated carbocycles. The Kier molecular flexibility index (Phi) is 7.61. The minimum absolute atomic E-state index is 0.188. The predicted molar refractivity (Wildman–Crippen MR) is 139 cm³/mol. The highest BCUT2D eigenvalue weighted by molar-refractivity contribution is 5.91. The number of halogens is 3. The van der Waals surface area contributed by atoms with Gasteiger partial charge in [0.25, 0.3) is 0 Å². The molecule has 1 aliphatic heterocycles. The van der Waals surface area contributed by atoms with Gasteiger partial charge in [0.05, 0.1) is 12.1 Å². The molecule has 1 saturated heterocycles. The van der Waals surface area contributed by atoms with Gasteiger partial charge < -0.3 is 20.5 Å². The summed E-state index contributed by atoms with van der Waals surface area (Å²) < 4.78 is 31.1. The maximum Gasteiger partial charge on any atom is 0.386 e. The Hall–Kier alpha value is -4.15. The van der Waals surface area contributed by atoms with Crippen molar-refractivity contribution in [1.29, 1.82) is 0 Å². The second-order valence-corrected chi connectivity index (χ2v) is 8.93. The van der Waals surface area contributed by atoms with E-state index in [1.807, 2.05) is 13.1 Å². The van der Waals surface area contributed by atoms with Crippen LogP contribution in [0.25, 0.3) is 22.4 Å². The summed E-state index contributed by atoms with van der Waals surface area (Å²) in [7, 11) is 0. The molecule has 1 fully saturated rings. The molecule has 4 aromatic rings. The fourth-order valence-corrected chi connectivity index (χ4v) is 4.01. The molecule has 5 rings (SSSR count). The molecule has 3 aromatic heterocycles. The number of H-pyrrole nitrogens is 1. The van der Waals surface area contributed by atoms with Gasteiger partial charge in [-0.25, -0.2) is 19.9 Å². The van der Waals surface area contributed by atoms with E-state index < -0.39 is 6.18 Å². The zero-order chi connectivity index (χ0) is 26.6. The van der Waals surface area contributed by atoms with Gasteiger partial charge in [0, 0.05) is 43.1 Å². The van der Waals surface area contributed by atoms with E-state index in [0.29, 0.717) is 5.65 Å². The number of aromatic nitrogens is 5. The number of fused-ring (bicyclic) bond motifs is 1. The van der Waals surface area contributed by atoms with Crippen molar-refractivity contribution in [3.63, 3.8) is 0 Å². The van der Waals surface area contributed by atoms with Gasteiger partial charge in [-0.1, -0.05) is 12.6 Å². The molecule has 194 valence electrons. The first-order chi connectivity index (χ1) is 17.6. The third kappa shape index (κ3) is 6.75. The average molecular weight is 511 g/mol. The number of pyridine rings is 1. The van der Waals surface area contributed by atoms with Crippen LogP contribution in [0.4, 0.5) is 30.4 Å². The smallest absolute Gasteiger partial charge is 0.359 e.